The van der Waals surface area contributed by atoms with Crippen LogP contribution in [-0.4, -0.2) is 23.3 Å². The van der Waals surface area contributed by atoms with Crippen molar-refractivity contribution in [2.45, 2.75) is 12.0 Å². The van der Waals surface area contributed by atoms with Crippen LogP contribution in [-0.2, 0) is 10.4 Å². The maximum Gasteiger partial charge on any atom is 0.264 e. The zero-order valence-corrected chi connectivity index (χ0v) is 12.7. The number of nitrogens with zero attached hydrogens (tertiary/aromatic N) is 1. The first-order valence-electron chi connectivity index (χ1n) is 6.89. The first kappa shape index (κ1) is 14.7. The van der Waals surface area contributed by atoms with E-state index in [1.807, 2.05) is 0 Å². The number of aliphatic hydroxyl groups is 1. The Kier molecular flexibility index (Phi) is 3.68. The third kappa shape index (κ3) is 2.19. The summed E-state index contributed by atoms with van der Waals surface area (Å²) < 4.78 is 0. The van der Waals surface area contributed by atoms with Crippen molar-refractivity contribution in [1.29, 1.82) is 0 Å². The third-order valence-corrected chi connectivity index (χ3v) is 4.67. The fourth-order valence-electron chi connectivity index (χ4n) is 2.74. The smallest absolute Gasteiger partial charge is 0.264 e. The Hall–Kier alpha value is -2.24. The van der Waals surface area contributed by atoms with Crippen LogP contribution in [0, 0.1) is 0 Å². The molecule has 1 aromatic heterocycles. The molecule has 1 N–H and O–H groups in total. The van der Waals surface area contributed by atoms with E-state index in [9.17, 15) is 14.7 Å². The van der Waals surface area contributed by atoms with Crippen molar-refractivity contribution in [3.63, 3.8) is 0 Å². The molecule has 1 aliphatic rings. The van der Waals surface area contributed by atoms with E-state index in [2.05, 4.69) is 6.58 Å². The van der Waals surface area contributed by atoms with E-state index in [-0.39, 0.29) is 12.2 Å². The van der Waals surface area contributed by atoms with Gasteiger partial charge in [0.25, 0.3) is 5.91 Å². The molecule has 0 radical (unpaired) electrons. The van der Waals surface area contributed by atoms with Crippen molar-refractivity contribution < 1.29 is 14.7 Å². The van der Waals surface area contributed by atoms with Gasteiger partial charge in [-0.25, -0.2) is 0 Å². The highest BCUT2D eigenvalue weighted by atomic mass is 32.1. The second-order valence-electron chi connectivity index (χ2n) is 5.16. The van der Waals surface area contributed by atoms with Gasteiger partial charge >= 0.3 is 0 Å². The summed E-state index contributed by atoms with van der Waals surface area (Å²) in [5.74, 6) is -0.709. The second-order valence-corrected chi connectivity index (χ2v) is 6.11. The second kappa shape index (κ2) is 5.51. The number of thiophene rings is 1. The molecule has 0 saturated heterocycles. The van der Waals surface area contributed by atoms with E-state index in [4.69, 9.17) is 0 Å². The summed E-state index contributed by atoms with van der Waals surface area (Å²) in [6, 6.07) is 10.5. The molecular weight excluding hydrogens is 298 g/mol. The molecule has 3 rings (SSSR count). The number of para-hydroxylation sites is 1. The van der Waals surface area contributed by atoms with E-state index in [0.717, 1.165) is 0 Å². The molecule has 0 aliphatic carbocycles. The van der Waals surface area contributed by atoms with Crippen molar-refractivity contribution in [3.8, 4) is 0 Å². The van der Waals surface area contributed by atoms with Gasteiger partial charge in [0.1, 0.15) is 0 Å². The SMILES string of the molecule is C=CCN1C(=O)C(O)(CC(=O)c2cccs2)c2ccccc21. The fourth-order valence-corrected chi connectivity index (χ4v) is 3.41. The molecule has 2 aromatic rings. The lowest BCUT2D eigenvalue weighted by molar-refractivity contribution is -0.135. The number of Topliss-reactive ketones (excluding diaryl/α,β-unsaturated/α-hetero) is 1. The van der Waals surface area contributed by atoms with E-state index in [1.165, 1.54) is 16.2 Å². The summed E-state index contributed by atoms with van der Waals surface area (Å²) >= 11 is 1.30. The molecule has 2 heterocycles. The van der Waals surface area contributed by atoms with Crippen LogP contribution >= 0.6 is 11.3 Å². The quantitative estimate of drug-likeness (QED) is 0.682. The minimum Gasteiger partial charge on any atom is -0.375 e. The Labute approximate surface area is 132 Å². The number of hydrogen-bond acceptors (Lipinski definition) is 4. The van der Waals surface area contributed by atoms with E-state index >= 15 is 0 Å². The molecule has 112 valence electrons. The van der Waals surface area contributed by atoms with Crippen molar-refractivity contribution in [2.24, 2.45) is 0 Å². The zero-order chi connectivity index (χ0) is 15.7. The summed E-state index contributed by atoms with van der Waals surface area (Å²) in [6.45, 7) is 3.94. The lowest BCUT2D eigenvalue weighted by atomic mass is 9.89. The number of carbonyl (C=O) groups is 2. The number of hydrogen-bond donors (Lipinski definition) is 1. The Balaban J connectivity index is 2.00. The van der Waals surface area contributed by atoms with Gasteiger partial charge in [-0.2, -0.15) is 0 Å². The van der Waals surface area contributed by atoms with Crippen LogP contribution in [0.1, 0.15) is 21.7 Å². The number of rotatable bonds is 5. The highest BCUT2D eigenvalue weighted by molar-refractivity contribution is 7.12. The van der Waals surface area contributed by atoms with Crippen molar-refractivity contribution in [2.75, 3.05) is 11.4 Å². The molecule has 4 nitrogen and oxygen atoms in total. The van der Waals surface area contributed by atoms with Gasteiger partial charge in [0, 0.05) is 12.1 Å². The molecule has 1 amide bonds. The molecule has 22 heavy (non-hydrogen) atoms. The topological polar surface area (TPSA) is 57.6 Å². The Morgan fingerprint density at radius 3 is 2.77 bits per heavy atom. The lowest BCUT2D eigenvalue weighted by Gasteiger charge is -2.21. The van der Waals surface area contributed by atoms with Crippen LogP contribution in [0.25, 0.3) is 0 Å². The number of anilines is 1. The van der Waals surface area contributed by atoms with Crippen LogP contribution in [0.5, 0.6) is 0 Å². The lowest BCUT2D eigenvalue weighted by Crippen LogP contribution is -2.41. The molecule has 0 fully saturated rings. The van der Waals surface area contributed by atoms with Gasteiger partial charge in [0.05, 0.1) is 17.0 Å². The van der Waals surface area contributed by atoms with Gasteiger partial charge in [-0.1, -0.05) is 30.3 Å². The maximum atomic E-state index is 12.7. The van der Waals surface area contributed by atoms with Crippen molar-refractivity contribution >= 4 is 28.7 Å². The van der Waals surface area contributed by atoms with Gasteiger partial charge in [0.15, 0.2) is 11.4 Å². The molecule has 1 atom stereocenters. The Morgan fingerprint density at radius 2 is 2.09 bits per heavy atom. The molecule has 1 aliphatic heterocycles. The molecule has 1 unspecified atom stereocenters. The summed E-state index contributed by atoms with van der Waals surface area (Å²) in [7, 11) is 0. The summed E-state index contributed by atoms with van der Waals surface area (Å²) in [5, 5.41) is 12.7. The Morgan fingerprint density at radius 1 is 1.32 bits per heavy atom. The van der Waals surface area contributed by atoms with E-state index in [0.29, 0.717) is 22.7 Å². The number of amides is 1. The largest absolute Gasteiger partial charge is 0.375 e. The van der Waals surface area contributed by atoms with Crippen molar-refractivity contribution in [3.05, 3.63) is 64.9 Å². The van der Waals surface area contributed by atoms with Crippen LogP contribution in [0.3, 0.4) is 0 Å². The normalized spacial score (nSPS) is 20.0. The number of benzene rings is 1. The number of ketones is 1. The molecule has 1 aromatic carbocycles. The molecule has 5 heteroatoms. The first-order chi connectivity index (χ1) is 10.6. The summed E-state index contributed by atoms with van der Waals surface area (Å²) in [6.07, 6.45) is 1.35. The van der Waals surface area contributed by atoms with Crippen molar-refractivity contribution in [1.82, 2.24) is 0 Å². The molecule has 0 bridgehead atoms. The average Bonchev–Trinajstić information content (AvgIpc) is 3.11. The van der Waals surface area contributed by atoms with Gasteiger partial charge in [-0.05, 0) is 17.5 Å². The predicted octanol–water partition coefficient (Wildman–Crippen LogP) is 2.74. The molecule has 0 saturated carbocycles. The van der Waals surface area contributed by atoms with Crippen LogP contribution in [0.4, 0.5) is 5.69 Å². The number of carbonyl (C=O) groups excluding carboxylic acids is 2. The fraction of sp³-hybridized carbons (Fsp3) is 0.176. The van der Waals surface area contributed by atoms with Crippen LogP contribution in [0.2, 0.25) is 0 Å². The molecular formula is C17H15NO3S. The van der Waals surface area contributed by atoms with Gasteiger partial charge < -0.3 is 10.0 Å². The minimum absolute atomic E-state index is 0.235. The van der Waals surface area contributed by atoms with Crippen LogP contribution < -0.4 is 4.90 Å². The highest BCUT2D eigenvalue weighted by Gasteiger charge is 2.50. The number of fused-ring (bicyclic) bond motifs is 1. The monoisotopic (exact) mass is 313 g/mol. The average molecular weight is 313 g/mol. The standard InChI is InChI=1S/C17H15NO3S/c1-2-9-18-13-7-4-3-6-12(13)17(21,16(18)20)11-14(19)15-8-5-10-22-15/h2-8,10,21H,1,9,11H2. The predicted molar refractivity (Wildman–Crippen MR) is 86.2 cm³/mol. The third-order valence-electron chi connectivity index (χ3n) is 3.76. The Bertz CT molecular complexity index is 738. The first-order valence-corrected chi connectivity index (χ1v) is 7.77. The minimum atomic E-state index is -1.80. The maximum absolute atomic E-state index is 12.7. The van der Waals surface area contributed by atoms with E-state index in [1.54, 1.807) is 47.9 Å². The highest BCUT2D eigenvalue weighted by Crippen LogP contribution is 2.42. The van der Waals surface area contributed by atoms with Gasteiger partial charge in [-0.3, -0.25) is 9.59 Å². The van der Waals surface area contributed by atoms with E-state index < -0.39 is 11.5 Å². The van der Waals surface area contributed by atoms with Gasteiger partial charge in [-0.15, -0.1) is 17.9 Å². The van der Waals surface area contributed by atoms with Gasteiger partial charge in [0.2, 0.25) is 0 Å². The summed E-state index contributed by atoms with van der Waals surface area (Å²) in [5.41, 5.74) is -0.693. The zero-order valence-electron chi connectivity index (χ0n) is 11.9. The molecule has 0 spiro atoms. The summed E-state index contributed by atoms with van der Waals surface area (Å²) in [4.78, 5) is 27.0. The van der Waals surface area contributed by atoms with Crippen LogP contribution in [0.15, 0.2) is 54.4 Å².